The highest BCUT2D eigenvalue weighted by atomic mass is 79.9. The van der Waals surface area contributed by atoms with E-state index in [-0.39, 0.29) is 6.61 Å². The average Bonchev–Trinajstić information content (AvgIpc) is 2.11. The van der Waals surface area contributed by atoms with Crippen LogP contribution < -0.4 is 0 Å². The number of rotatable bonds is 5. The van der Waals surface area contributed by atoms with Gasteiger partial charge in [0.05, 0.1) is 13.2 Å². The lowest BCUT2D eigenvalue weighted by atomic mass is 10.4. The van der Waals surface area contributed by atoms with Gasteiger partial charge in [-0.25, -0.2) is 4.79 Å². The number of hydrogen-bond acceptors (Lipinski definition) is 6. The van der Waals surface area contributed by atoms with E-state index >= 15 is 0 Å². The molecule has 0 amide bonds. The third-order valence-electron chi connectivity index (χ3n) is 0.921. The lowest BCUT2D eigenvalue weighted by Gasteiger charge is -2.10. The molecule has 2 atom stereocenters. The Morgan fingerprint density at radius 1 is 1.67 bits per heavy atom. The minimum Gasteiger partial charge on any atom is -0.394 e. The number of ether oxygens (including phenoxy) is 1. The standard InChI is InChI=1S/C5H9BrO5S/c6-4(5(9)11-12)10-2-3(8)1-7/h3-4,7-8,12H,1-2H2. The predicted molar refractivity (Wildman–Crippen MR) is 46.8 cm³/mol. The molecule has 5 nitrogen and oxygen atoms in total. The van der Waals surface area contributed by atoms with E-state index in [4.69, 9.17) is 14.9 Å². The number of halogens is 1. The zero-order valence-corrected chi connectivity index (χ0v) is 8.49. The molecule has 12 heavy (non-hydrogen) atoms. The summed E-state index contributed by atoms with van der Waals surface area (Å²) in [6.45, 7) is -0.578. The first kappa shape index (κ1) is 12.2. The summed E-state index contributed by atoms with van der Waals surface area (Å²) in [5.41, 5.74) is 0. The van der Waals surface area contributed by atoms with Gasteiger partial charge in [-0.15, -0.1) is 0 Å². The van der Waals surface area contributed by atoms with Crippen LogP contribution in [0.1, 0.15) is 0 Å². The summed E-state index contributed by atoms with van der Waals surface area (Å²) in [6.07, 6.45) is -1.00. The monoisotopic (exact) mass is 260 g/mol. The van der Waals surface area contributed by atoms with Crippen molar-refractivity contribution in [1.82, 2.24) is 0 Å². The molecular formula is C5H9BrO5S. The number of aliphatic hydroxyl groups is 2. The molecule has 0 aromatic carbocycles. The summed E-state index contributed by atoms with van der Waals surface area (Å²) in [5, 5.41) is 16.2. The van der Waals surface area contributed by atoms with E-state index < -0.39 is 23.7 Å². The van der Waals surface area contributed by atoms with Crippen LogP contribution >= 0.6 is 28.8 Å². The van der Waals surface area contributed by atoms with Crippen molar-refractivity contribution in [2.45, 2.75) is 11.1 Å². The van der Waals surface area contributed by atoms with E-state index in [1.54, 1.807) is 0 Å². The van der Waals surface area contributed by atoms with Gasteiger partial charge in [0, 0.05) is 12.9 Å². The first-order chi connectivity index (χ1) is 5.61. The fourth-order valence-electron chi connectivity index (χ4n) is 0.358. The van der Waals surface area contributed by atoms with Crippen LogP contribution in [-0.2, 0) is 13.7 Å². The van der Waals surface area contributed by atoms with Gasteiger partial charge in [-0.2, -0.15) is 0 Å². The van der Waals surface area contributed by atoms with Crippen molar-refractivity contribution in [3.63, 3.8) is 0 Å². The molecular weight excluding hydrogens is 252 g/mol. The van der Waals surface area contributed by atoms with Gasteiger partial charge in [-0.1, -0.05) is 0 Å². The molecule has 2 unspecified atom stereocenters. The van der Waals surface area contributed by atoms with Gasteiger partial charge in [0.15, 0.2) is 0 Å². The molecule has 2 N–H and O–H groups in total. The number of hydrogen-bond donors (Lipinski definition) is 3. The minimum absolute atomic E-state index is 0.157. The van der Waals surface area contributed by atoms with Crippen LogP contribution in [-0.4, -0.2) is 40.5 Å². The maximum Gasteiger partial charge on any atom is 0.358 e. The second-order valence-corrected chi connectivity index (χ2v) is 2.91. The third-order valence-corrected chi connectivity index (χ3v) is 1.74. The van der Waals surface area contributed by atoms with Gasteiger partial charge in [-0.05, 0) is 15.9 Å². The van der Waals surface area contributed by atoms with Crippen molar-refractivity contribution >= 4 is 34.8 Å². The van der Waals surface area contributed by atoms with Crippen molar-refractivity contribution < 1.29 is 23.9 Å². The molecule has 0 spiro atoms. The van der Waals surface area contributed by atoms with E-state index in [1.807, 2.05) is 0 Å². The Bertz CT molecular complexity index is 144. The lowest BCUT2D eigenvalue weighted by Crippen LogP contribution is -2.26. The summed E-state index contributed by atoms with van der Waals surface area (Å²) < 4.78 is 8.75. The van der Waals surface area contributed by atoms with Gasteiger partial charge in [0.25, 0.3) is 0 Å². The van der Waals surface area contributed by atoms with Gasteiger partial charge in [0.1, 0.15) is 6.10 Å². The van der Waals surface area contributed by atoms with Crippen molar-refractivity contribution in [2.24, 2.45) is 0 Å². The zero-order valence-electron chi connectivity index (χ0n) is 6.01. The SMILES string of the molecule is O=C(OS)C(Br)OCC(O)CO. The molecule has 0 aliphatic rings. The highest BCUT2D eigenvalue weighted by Crippen LogP contribution is 2.05. The predicted octanol–water partition coefficient (Wildman–Crippen LogP) is -0.535. The molecule has 0 aromatic heterocycles. The molecule has 0 aromatic rings. The summed E-state index contributed by atoms with van der Waals surface area (Å²) >= 11 is 6.07. The van der Waals surface area contributed by atoms with E-state index in [0.29, 0.717) is 0 Å². The Hall–Kier alpha value is 0.180. The molecule has 0 aliphatic heterocycles. The Kier molecular flexibility index (Phi) is 6.77. The first-order valence-electron chi connectivity index (χ1n) is 3.01. The zero-order chi connectivity index (χ0) is 9.56. The molecule has 0 bridgehead atoms. The highest BCUT2D eigenvalue weighted by Gasteiger charge is 2.17. The van der Waals surface area contributed by atoms with Crippen LogP contribution in [0.5, 0.6) is 0 Å². The molecule has 7 heteroatoms. The Labute approximate surface area is 83.4 Å². The van der Waals surface area contributed by atoms with Gasteiger partial charge < -0.3 is 19.1 Å². The molecule has 72 valence electrons. The van der Waals surface area contributed by atoms with Crippen molar-refractivity contribution in [1.29, 1.82) is 0 Å². The number of carbonyl (C=O) groups is 1. The number of thiol groups is 1. The summed E-state index contributed by atoms with van der Waals surface area (Å²) in [6, 6.07) is 0. The van der Waals surface area contributed by atoms with Gasteiger partial charge in [0.2, 0.25) is 5.01 Å². The number of aliphatic hydroxyl groups excluding tert-OH is 2. The van der Waals surface area contributed by atoms with Crippen LogP contribution in [0.25, 0.3) is 0 Å². The normalized spacial score (nSPS) is 15.3. The lowest BCUT2D eigenvalue weighted by molar-refractivity contribution is -0.141. The summed E-state index contributed by atoms with van der Waals surface area (Å²) in [4.78, 5) is 10.6. The fourth-order valence-corrected chi connectivity index (χ4v) is 0.844. The van der Waals surface area contributed by atoms with Gasteiger partial charge in [-0.3, -0.25) is 0 Å². The molecule has 0 heterocycles. The smallest absolute Gasteiger partial charge is 0.358 e. The number of alkyl halides is 1. The maximum absolute atomic E-state index is 10.6. The van der Waals surface area contributed by atoms with E-state index in [1.165, 1.54) is 0 Å². The molecule has 0 rings (SSSR count). The highest BCUT2D eigenvalue weighted by molar-refractivity contribution is 9.09. The average molecular weight is 261 g/mol. The summed E-state index contributed by atoms with van der Waals surface area (Å²) in [7, 11) is 0. The maximum atomic E-state index is 10.6. The van der Waals surface area contributed by atoms with Crippen LogP contribution in [0.4, 0.5) is 0 Å². The van der Waals surface area contributed by atoms with Crippen molar-refractivity contribution in [3.05, 3.63) is 0 Å². The van der Waals surface area contributed by atoms with E-state index in [9.17, 15) is 4.79 Å². The molecule has 0 saturated carbocycles. The van der Waals surface area contributed by atoms with Crippen LogP contribution in [0, 0.1) is 0 Å². The fraction of sp³-hybridized carbons (Fsp3) is 0.800. The summed E-state index contributed by atoms with van der Waals surface area (Å²) in [5.74, 6) is -0.719. The van der Waals surface area contributed by atoms with Crippen LogP contribution in [0.15, 0.2) is 0 Å². The van der Waals surface area contributed by atoms with Crippen molar-refractivity contribution in [3.8, 4) is 0 Å². The second kappa shape index (κ2) is 6.67. The minimum atomic E-state index is -1.00. The molecule has 0 saturated heterocycles. The Morgan fingerprint density at radius 2 is 2.25 bits per heavy atom. The van der Waals surface area contributed by atoms with E-state index in [2.05, 4.69) is 33.0 Å². The second-order valence-electron chi connectivity index (χ2n) is 1.90. The first-order valence-corrected chi connectivity index (χ1v) is 4.29. The topological polar surface area (TPSA) is 76.0 Å². The van der Waals surface area contributed by atoms with Crippen molar-refractivity contribution in [2.75, 3.05) is 13.2 Å². The Balaban J connectivity index is 3.56. The third kappa shape index (κ3) is 4.94. The quantitative estimate of drug-likeness (QED) is 0.352. The van der Waals surface area contributed by atoms with Gasteiger partial charge >= 0.3 is 5.97 Å². The van der Waals surface area contributed by atoms with Crippen LogP contribution in [0.2, 0.25) is 0 Å². The molecule has 0 radical (unpaired) electrons. The largest absolute Gasteiger partial charge is 0.394 e. The van der Waals surface area contributed by atoms with Crippen LogP contribution in [0.3, 0.4) is 0 Å². The Morgan fingerprint density at radius 3 is 2.67 bits per heavy atom. The molecule has 0 aliphatic carbocycles. The van der Waals surface area contributed by atoms with E-state index in [0.717, 1.165) is 0 Å². The number of carbonyl (C=O) groups excluding carboxylic acids is 1. The molecule has 0 fully saturated rings.